The molecule has 0 N–H and O–H groups in total. The van der Waals surface area contributed by atoms with Crippen molar-refractivity contribution >= 4 is 40.1 Å². The van der Waals surface area contributed by atoms with Gasteiger partial charge in [-0.25, -0.2) is 0 Å². The van der Waals surface area contributed by atoms with E-state index in [-0.39, 0.29) is 11.9 Å². The second-order valence-electron chi connectivity index (χ2n) is 4.14. The first-order valence-electron chi connectivity index (χ1n) is 5.91. The summed E-state index contributed by atoms with van der Waals surface area (Å²) in [5, 5.41) is 1.33. The van der Waals surface area contributed by atoms with Crippen LogP contribution in [0.5, 0.6) is 0 Å². The SMILES string of the molecule is CCC(C)/N=C1\SCC(=O)N1c1ccccc1Cl. The second kappa shape index (κ2) is 5.76. The van der Waals surface area contributed by atoms with Crippen LogP contribution in [0.25, 0.3) is 0 Å². The van der Waals surface area contributed by atoms with E-state index in [1.54, 1.807) is 11.0 Å². The topological polar surface area (TPSA) is 32.7 Å². The van der Waals surface area contributed by atoms with Crippen LogP contribution in [-0.4, -0.2) is 22.9 Å². The Labute approximate surface area is 116 Å². The standard InChI is InChI=1S/C13H15ClN2OS/c1-3-9(2)15-13-16(12(17)8-18-13)11-7-5-4-6-10(11)14/h4-7,9H,3,8H2,1-2H3/b15-13-. The number of thioether (sulfide) groups is 1. The molecule has 3 nitrogen and oxygen atoms in total. The predicted octanol–water partition coefficient (Wildman–Crippen LogP) is 3.57. The number of amides is 1. The number of anilines is 1. The summed E-state index contributed by atoms with van der Waals surface area (Å²) < 4.78 is 0. The van der Waals surface area contributed by atoms with E-state index in [9.17, 15) is 4.79 Å². The van der Waals surface area contributed by atoms with Crippen LogP contribution >= 0.6 is 23.4 Å². The largest absolute Gasteiger partial charge is 0.273 e. The van der Waals surface area contributed by atoms with Crippen LogP contribution in [0.15, 0.2) is 29.3 Å². The van der Waals surface area contributed by atoms with E-state index in [1.165, 1.54) is 11.8 Å². The molecule has 1 aliphatic rings. The molecular formula is C13H15ClN2OS. The normalized spacial score (nSPS) is 19.6. The number of amidine groups is 1. The molecule has 1 aromatic carbocycles. The molecule has 1 aliphatic heterocycles. The molecule has 0 aromatic heterocycles. The summed E-state index contributed by atoms with van der Waals surface area (Å²) in [6.45, 7) is 4.12. The molecule has 0 radical (unpaired) electrons. The zero-order valence-corrected chi connectivity index (χ0v) is 12.0. The summed E-state index contributed by atoms with van der Waals surface area (Å²) in [5.41, 5.74) is 0.719. The monoisotopic (exact) mass is 282 g/mol. The van der Waals surface area contributed by atoms with Gasteiger partial charge in [0.05, 0.1) is 16.5 Å². The highest BCUT2D eigenvalue weighted by molar-refractivity contribution is 8.15. The first-order valence-corrected chi connectivity index (χ1v) is 7.28. The van der Waals surface area contributed by atoms with Crippen LogP contribution < -0.4 is 4.90 Å². The van der Waals surface area contributed by atoms with Gasteiger partial charge in [0.15, 0.2) is 5.17 Å². The Morgan fingerprint density at radius 3 is 2.89 bits per heavy atom. The summed E-state index contributed by atoms with van der Waals surface area (Å²) in [4.78, 5) is 18.2. The number of para-hydroxylation sites is 1. The number of hydrogen-bond acceptors (Lipinski definition) is 3. The lowest BCUT2D eigenvalue weighted by atomic mass is 10.3. The molecular weight excluding hydrogens is 268 g/mol. The molecule has 2 rings (SSSR count). The highest BCUT2D eigenvalue weighted by Gasteiger charge is 2.31. The summed E-state index contributed by atoms with van der Waals surface area (Å²) in [6.07, 6.45) is 0.953. The lowest BCUT2D eigenvalue weighted by Crippen LogP contribution is -2.30. The average Bonchev–Trinajstić information content (AvgIpc) is 2.71. The molecule has 1 heterocycles. The summed E-state index contributed by atoms with van der Waals surface area (Å²) >= 11 is 7.62. The van der Waals surface area contributed by atoms with Gasteiger partial charge in [-0.05, 0) is 25.5 Å². The quantitative estimate of drug-likeness (QED) is 0.849. The number of hydrogen-bond donors (Lipinski definition) is 0. The smallest absolute Gasteiger partial charge is 0.243 e. The minimum atomic E-state index is 0.0372. The van der Waals surface area contributed by atoms with Crippen molar-refractivity contribution in [2.75, 3.05) is 10.7 Å². The van der Waals surface area contributed by atoms with Gasteiger partial charge in [-0.3, -0.25) is 14.7 Å². The van der Waals surface area contributed by atoms with E-state index < -0.39 is 0 Å². The van der Waals surface area contributed by atoms with Gasteiger partial charge in [0, 0.05) is 6.04 Å². The molecule has 0 spiro atoms. The van der Waals surface area contributed by atoms with Gasteiger partial charge < -0.3 is 0 Å². The molecule has 18 heavy (non-hydrogen) atoms. The maximum atomic E-state index is 12.0. The molecule has 1 atom stereocenters. The molecule has 1 saturated heterocycles. The number of nitrogens with zero attached hydrogens (tertiary/aromatic N) is 2. The minimum absolute atomic E-state index is 0.0372. The second-order valence-corrected chi connectivity index (χ2v) is 5.49. The van der Waals surface area contributed by atoms with Crippen LogP contribution in [0.1, 0.15) is 20.3 Å². The maximum absolute atomic E-state index is 12.0. The number of aliphatic imine (C=N–C) groups is 1. The Kier molecular flexibility index (Phi) is 4.30. The van der Waals surface area contributed by atoms with Crippen molar-refractivity contribution in [2.24, 2.45) is 4.99 Å². The minimum Gasteiger partial charge on any atom is -0.273 e. The average molecular weight is 283 g/mol. The first-order chi connectivity index (χ1) is 8.63. The third-order valence-electron chi connectivity index (χ3n) is 2.78. The van der Waals surface area contributed by atoms with Crippen LogP contribution in [-0.2, 0) is 4.79 Å². The summed E-state index contributed by atoms with van der Waals surface area (Å²) in [7, 11) is 0. The van der Waals surface area contributed by atoms with E-state index >= 15 is 0 Å². The summed E-state index contributed by atoms with van der Waals surface area (Å²) in [5.74, 6) is 0.468. The molecule has 1 fully saturated rings. The number of carbonyl (C=O) groups excluding carboxylic acids is 1. The van der Waals surface area contributed by atoms with Crippen LogP contribution in [0.3, 0.4) is 0 Å². The van der Waals surface area contributed by atoms with Crippen LogP contribution in [0.2, 0.25) is 5.02 Å². The van der Waals surface area contributed by atoms with Gasteiger partial charge in [0.1, 0.15) is 0 Å². The number of halogens is 1. The van der Waals surface area contributed by atoms with E-state index in [2.05, 4.69) is 11.9 Å². The van der Waals surface area contributed by atoms with Crippen molar-refractivity contribution in [2.45, 2.75) is 26.3 Å². The van der Waals surface area contributed by atoms with Gasteiger partial charge in [0.2, 0.25) is 5.91 Å². The van der Waals surface area contributed by atoms with Crippen molar-refractivity contribution in [3.8, 4) is 0 Å². The molecule has 1 amide bonds. The fraction of sp³-hybridized carbons (Fsp3) is 0.385. The molecule has 1 unspecified atom stereocenters. The number of carbonyl (C=O) groups is 1. The predicted molar refractivity (Wildman–Crippen MR) is 78.6 cm³/mol. The van der Waals surface area contributed by atoms with E-state index in [1.807, 2.05) is 25.1 Å². The Balaban J connectivity index is 2.37. The van der Waals surface area contributed by atoms with Crippen LogP contribution in [0.4, 0.5) is 5.69 Å². The molecule has 5 heteroatoms. The van der Waals surface area contributed by atoms with Gasteiger partial charge in [0.25, 0.3) is 0 Å². The van der Waals surface area contributed by atoms with Crippen molar-refractivity contribution in [3.63, 3.8) is 0 Å². The Morgan fingerprint density at radius 2 is 2.22 bits per heavy atom. The van der Waals surface area contributed by atoms with Crippen molar-refractivity contribution in [3.05, 3.63) is 29.3 Å². The van der Waals surface area contributed by atoms with Crippen molar-refractivity contribution in [1.82, 2.24) is 0 Å². The molecule has 1 aromatic rings. The molecule has 0 saturated carbocycles. The fourth-order valence-electron chi connectivity index (χ4n) is 1.61. The third kappa shape index (κ3) is 2.70. The number of benzene rings is 1. The lowest BCUT2D eigenvalue weighted by Gasteiger charge is -2.18. The Bertz CT molecular complexity index is 490. The molecule has 0 bridgehead atoms. The fourth-order valence-corrected chi connectivity index (χ4v) is 2.79. The maximum Gasteiger partial charge on any atom is 0.243 e. The van der Waals surface area contributed by atoms with E-state index in [0.29, 0.717) is 10.8 Å². The molecule has 0 aliphatic carbocycles. The highest BCUT2D eigenvalue weighted by Crippen LogP contribution is 2.32. The van der Waals surface area contributed by atoms with Gasteiger partial charge >= 0.3 is 0 Å². The highest BCUT2D eigenvalue weighted by atomic mass is 35.5. The van der Waals surface area contributed by atoms with Gasteiger partial charge in [-0.2, -0.15) is 0 Å². The zero-order valence-electron chi connectivity index (χ0n) is 10.4. The summed E-state index contributed by atoms with van der Waals surface area (Å²) in [6, 6.07) is 7.57. The number of rotatable bonds is 3. The van der Waals surface area contributed by atoms with E-state index in [0.717, 1.165) is 17.3 Å². The van der Waals surface area contributed by atoms with E-state index in [4.69, 9.17) is 11.6 Å². The first kappa shape index (κ1) is 13.4. The van der Waals surface area contributed by atoms with Crippen molar-refractivity contribution in [1.29, 1.82) is 0 Å². The van der Waals surface area contributed by atoms with Gasteiger partial charge in [-0.1, -0.05) is 42.4 Å². The Hall–Kier alpha value is -1.00. The zero-order chi connectivity index (χ0) is 13.1. The lowest BCUT2D eigenvalue weighted by molar-refractivity contribution is -0.115. The van der Waals surface area contributed by atoms with Crippen molar-refractivity contribution < 1.29 is 4.79 Å². The van der Waals surface area contributed by atoms with Crippen LogP contribution in [0, 0.1) is 0 Å². The molecule has 96 valence electrons. The Morgan fingerprint density at radius 1 is 1.50 bits per heavy atom. The third-order valence-corrected chi connectivity index (χ3v) is 4.04. The van der Waals surface area contributed by atoms with Gasteiger partial charge in [-0.15, -0.1) is 0 Å².